The molecule has 0 heterocycles. The molecule has 2 heteroatoms. The van der Waals surface area contributed by atoms with Gasteiger partial charge in [-0.3, -0.25) is 0 Å². The first-order chi connectivity index (χ1) is 7.68. The van der Waals surface area contributed by atoms with Crippen molar-refractivity contribution in [1.29, 1.82) is 0 Å². The second-order valence-electron chi connectivity index (χ2n) is 2.97. The van der Waals surface area contributed by atoms with Gasteiger partial charge in [0.05, 0.1) is 6.10 Å². The van der Waals surface area contributed by atoms with Crippen LogP contribution in [0.25, 0.3) is 0 Å². The van der Waals surface area contributed by atoms with Crippen LogP contribution in [-0.2, 0) is 0 Å². The number of ether oxygens (including phenoxy) is 1. The summed E-state index contributed by atoms with van der Waals surface area (Å²) in [4.78, 5) is 0. The van der Waals surface area contributed by atoms with Crippen molar-refractivity contribution in [3.05, 3.63) is 29.8 Å². The number of rotatable bonds is 3. The molecule has 0 aliphatic rings. The van der Waals surface area contributed by atoms with E-state index in [1.807, 2.05) is 58.9 Å². The minimum atomic E-state index is -0.411. The maximum Gasteiger partial charge on any atom is 0.119 e. The van der Waals surface area contributed by atoms with Gasteiger partial charge in [0, 0.05) is 0 Å². The van der Waals surface area contributed by atoms with Crippen LogP contribution in [0.5, 0.6) is 5.75 Å². The Hall–Kier alpha value is -1.02. The zero-order chi connectivity index (χ0) is 13.0. The minimum absolute atomic E-state index is 0.350. The third kappa shape index (κ3) is 9.53. The summed E-state index contributed by atoms with van der Waals surface area (Å²) < 4.78 is 5.27. The third-order valence-electron chi connectivity index (χ3n) is 1.51. The minimum Gasteiger partial charge on any atom is -0.491 e. The highest BCUT2D eigenvalue weighted by Crippen LogP contribution is 2.11. The van der Waals surface area contributed by atoms with Crippen LogP contribution < -0.4 is 4.74 Å². The Kier molecular flexibility index (Phi) is 13.1. The van der Waals surface area contributed by atoms with E-state index in [0.717, 1.165) is 5.75 Å². The van der Waals surface area contributed by atoms with E-state index < -0.39 is 6.10 Å². The number of hydrogen-bond donors (Lipinski definition) is 1. The average molecular weight is 226 g/mol. The van der Waals surface area contributed by atoms with Crippen LogP contribution in [0.4, 0.5) is 0 Å². The van der Waals surface area contributed by atoms with E-state index in [2.05, 4.69) is 0 Å². The van der Waals surface area contributed by atoms with Crippen molar-refractivity contribution in [2.45, 2.75) is 47.6 Å². The molecule has 0 saturated carbocycles. The van der Waals surface area contributed by atoms with Gasteiger partial charge in [-0.15, -0.1) is 0 Å². The lowest BCUT2D eigenvalue weighted by Gasteiger charge is -2.07. The molecule has 0 aliphatic carbocycles. The van der Waals surface area contributed by atoms with Gasteiger partial charge in [-0.25, -0.2) is 0 Å². The van der Waals surface area contributed by atoms with Gasteiger partial charge in [0.15, 0.2) is 0 Å². The van der Waals surface area contributed by atoms with E-state index in [4.69, 9.17) is 9.84 Å². The predicted molar refractivity (Wildman–Crippen MR) is 71.1 cm³/mol. The number of aryl methyl sites for hydroxylation is 1. The van der Waals surface area contributed by atoms with Gasteiger partial charge in [0.1, 0.15) is 12.4 Å². The van der Waals surface area contributed by atoms with Gasteiger partial charge < -0.3 is 9.84 Å². The fraction of sp³-hybridized carbons (Fsp3) is 0.571. The van der Waals surface area contributed by atoms with E-state index >= 15 is 0 Å². The van der Waals surface area contributed by atoms with Crippen LogP contribution in [-0.4, -0.2) is 17.8 Å². The second-order valence-corrected chi connectivity index (χ2v) is 2.97. The number of aliphatic hydroxyl groups is 1. The van der Waals surface area contributed by atoms with E-state index in [9.17, 15) is 0 Å². The Balaban J connectivity index is 0. The van der Waals surface area contributed by atoms with Gasteiger partial charge in [-0.1, -0.05) is 45.4 Å². The molecule has 0 fully saturated rings. The molecule has 16 heavy (non-hydrogen) atoms. The summed E-state index contributed by atoms with van der Waals surface area (Å²) in [7, 11) is 0. The van der Waals surface area contributed by atoms with Crippen molar-refractivity contribution in [2.75, 3.05) is 6.61 Å². The topological polar surface area (TPSA) is 29.5 Å². The van der Waals surface area contributed by atoms with Crippen LogP contribution in [0.15, 0.2) is 24.3 Å². The highest BCUT2D eigenvalue weighted by molar-refractivity contribution is 5.26. The number of aliphatic hydroxyl groups excluding tert-OH is 1. The van der Waals surface area contributed by atoms with Gasteiger partial charge in [0.2, 0.25) is 0 Å². The molecule has 0 aliphatic heterocycles. The molecule has 94 valence electrons. The Morgan fingerprint density at radius 2 is 1.50 bits per heavy atom. The molecule has 0 spiro atoms. The molecule has 0 bridgehead atoms. The first-order valence-corrected chi connectivity index (χ1v) is 6.06. The van der Waals surface area contributed by atoms with Crippen LogP contribution in [0.2, 0.25) is 0 Å². The Morgan fingerprint density at radius 1 is 1.06 bits per heavy atom. The lowest BCUT2D eigenvalue weighted by Crippen LogP contribution is -2.12. The van der Waals surface area contributed by atoms with Crippen molar-refractivity contribution >= 4 is 0 Å². The van der Waals surface area contributed by atoms with Crippen molar-refractivity contribution in [3.63, 3.8) is 0 Å². The van der Waals surface area contributed by atoms with Crippen molar-refractivity contribution in [2.24, 2.45) is 0 Å². The van der Waals surface area contributed by atoms with E-state index in [0.29, 0.717) is 6.61 Å². The molecule has 1 aromatic rings. The Morgan fingerprint density at radius 3 is 1.88 bits per heavy atom. The highest BCUT2D eigenvalue weighted by Gasteiger charge is 1.96. The molecule has 0 radical (unpaired) electrons. The molecular formula is C14H26O2. The van der Waals surface area contributed by atoms with Crippen molar-refractivity contribution in [1.82, 2.24) is 0 Å². The summed E-state index contributed by atoms with van der Waals surface area (Å²) in [6.45, 7) is 12.1. The Bertz CT molecular complexity index is 227. The molecular weight excluding hydrogens is 200 g/mol. The molecule has 1 aromatic carbocycles. The summed E-state index contributed by atoms with van der Waals surface area (Å²) in [5.41, 5.74) is 1.21. The van der Waals surface area contributed by atoms with Crippen molar-refractivity contribution < 1.29 is 9.84 Å². The molecule has 1 atom stereocenters. The molecule has 2 nitrogen and oxygen atoms in total. The fourth-order valence-electron chi connectivity index (χ4n) is 0.851. The lowest BCUT2D eigenvalue weighted by atomic mass is 10.2. The molecule has 1 N–H and O–H groups in total. The summed E-state index contributed by atoms with van der Waals surface area (Å²) in [5, 5.41) is 8.94. The first kappa shape index (κ1) is 17.4. The predicted octanol–water partition coefficient (Wildman–Crippen LogP) is 3.81. The smallest absolute Gasteiger partial charge is 0.119 e. The highest BCUT2D eigenvalue weighted by atomic mass is 16.5. The van der Waals surface area contributed by atoms with Crippen molar-refractivity contribution in [3.8, 4) is 5.75 Å². The summed E-state index contributed by atoms with van der Waals surface area (Å²) >= 11 is 0. The molecule has 0 saturated heterocycles. The first-order valence-electron chi connectivity index (χ1n) is 6.06. The Labute approximate surface area is 100 Å². The van der Waals surface area contributed by atoms with Gasteiger partial charge in [0.25, 0.3) is 0 Å². The maximum absolute atomic E-state index is 8.94. The van der Waals surface area contributed by atoms with E-state index in [-0.39, 0.29) is 0 Å². The maximum atomic E-state index is 8.94. The quantitative estimate of drug-likeness (QED) is 0.849. The van der Waals surface area contributed by atoms with E-state index in [1.165, 1.54) is 5.56 Å². The van der Waals surface area contributed by atoms with Gasteiger partial charge in [-0.2, -0.15) is 0 Å². The zero-order valence-electron chi connectivity index (χ0n) is 11.4. The van der Waals surface area contributed by atoms with Gasteiger partial charge in [-0.05, 0) is 26.0 Å². The van der Waals surface area contributed by atoms with Crippen LogP contribution in [0.3, 0.4) is 0 Å². The fourth-order valence-corrected chi connectivity index (χ4v) is 0.851. The SMILES string of the molecule is CC.CC.Cc1ccc(OCC(C)O)cc1. The summed E-state index contributed by atoms with van der Waals surface area (Å²) in [6.07, 6.45) is -0.411. The van der Waals surface area contributed by atoms with Crippen LogP contribution >= 0.6 is 0 Å². The van der Waals surface area contributed by atoms with Gasteiger partial charge >= 0.3 is 0 Å². The largest absolute Gasteiger partial charge is 0.491 e. The normalized spacial score (nSPS) is 10.2. The molecule has 0 aromatic heterocycles. The zero-order valence-corrected chi connectivity index (χ0v) is 11.4. The lowest BCUT2D eigenvalue weighted by molar-refractivity contribution is 0.122. The average Bonchev–Trinajstić information content (AvgIpc) is 2.33. The molecule has 0 amide bonds. The number of hydrogen-bond acceptors (Lipinski definition) is 2. The van der Waals surface area contributed by atoms with Crippen LogP contribution in [0.1, 0.15) is 40.2 Å². The molecule has 1 unspecified atom stereocenters. The summed E-state index contributed by atoms with van der Waals surface area (Å²) in [5.74, 6) is 0.807. The van der Waals surface area contributed by atoms with Crippen LogP contribution in [0, 0.1) is 6.92 Å². The standard InChI is InChI=1S/C10H14O2.2C2H6/c1-8-3-5-10(6-4-8)12-7-9(2)11;2*1-2/h3-6,9,11H,7H2,1-2H3;2*1-2H3. The third-order valence-corrected chi connectivity index (χ3v) is 1.51. The number of benzene rings is 1. The monoisotopic (exact) mass is 226 g/mol. The molecule has 1 rings (SSSR count). The van der Waals surface area contributed by atoms with E-state index in [1.54, 1.807) is 6.92 Å². The second kappa shape index (κ2) is 12.1. The summed E-state index contributed by atoms with van der Waals surface area (Å²) in [6, 6.07) is 7.77.